The monoisotopic (exact) mass is 528 g/mol. The molecular formula is C31H40N6O2. The average molecular weight is 529 g/mol. The minimum atomic E-state index is -0.0440. The number of fused-ring (bicyclic) bond motifs is 2. The van der Waals surface area contributed by atoms with E-state index in [0.717, 1.165) is 59.6 Å². The van der Waals surface area contributed by atoms with Crippen LogP contribution in [0, 0.1) is 6.92 Å². The van der Waals surface area contributed by atoms with Gasteiger partial charge in [-0.15, -0.1) is 0 Å². The number of hydrogen-bond donors (Lipinski definition) is 2. The third-order valence-electron chi connectivity index (χ3n) is 8.05. The molecule has 3 aromatic heterocycles. The summed E-state index contributed by atoms with van der Waals surface area (Å²) in [6.45, 7) is 8.98. The van der Waals surface area contributed by atoms with Gasteiger partial charge in [0.05, 0.1) is 24.4 Å². The smallest absolute Gasteiger partial charge is 0.236 e. The molecule has 2 amide bonds. The van der Waals surface area contributed by atoms with Gasteiger partial charge in [0.15, 0.2) is 0 Å². The number of H-pyrrole nitrogens is 1. The number of carbonyl (C=O) groups is 2. The molecule has 1 fully saturated rings. The molecular weight excluding hydrogens is 488 g/mol. The lowest BCUT2D eigenvalue weighted by molar-refractivity contribution is -0.130. The van der Waals surface area contributed by atoms with Gasteiger partial charge in [-0.2, -0.15) is 0 Å². The number of pyridine rings is 1. The number of nitrogens with zero attached hydrogens (tertiary/aromatic N) is 4. The van der Waals surface area contributed by atoms with Crippen molar-refractivity contribution < 1.29 is 9.59 Å². The summed E-state index contributed by atoms with van der Waals surface area (Å²) in [7, 11) is 5.29. The van der Waals surface area contributed by atoms with Gasteiger partial charge in [0.2, 0.25) is 11.8 Å². The summed E-state index contributed by atoms with van der Waals surface area (Å²) >= 11 is 0. The van der Waals surface area contributed by atoms with Gasteiger partial charge < -0.3 is 19.6 Å². The van der Waals surface area contributed by atoms with Crippen LogP contribution in [0.5, 0.6) is 0 Å². The maximum atomic E-state index is 12.1. The topological polar surface area (TPSA) is 85.7 Å². The Kier molecular flexibility index (Phi) is 7.49. The maximum absolute atomic E-state index is 12.1. The molecule has 206 valence electrons. The highest BCUT2D eigenvalue weighted by molar-refractivity contribution is 5.92. The summed E-state index contributed by atoms with van der Waals surface area (Å²) in [5.41, 5.74) is 8.82. The van der Waals surface area contributed by atoms with Crippen molar-refractivity contribution in [2.24, 2.45) is 0 Å². The molecule has 0 radical (unpaired) electrons. The quantitative estimate of drug-likeness (QED) is 0.371. The van der Waals surface area contributed by atoms with Gasteiger partial charge in [-0.1, -0.05) is 19.9 Å². The van der Waals surface area contributed by atoms with Gasteiger partial charge in [0.25, 0.3) is 0 Å². The number of imidazole rings is 1. The van der Waals surface area contributed by atoms with Crippen molar-refractivity contribution in [3.63, 3.8) is 0 Å². The Morgan fingerprint density at radius 2 is 1.90 bits per heavy atom. The van der Waals surface area contributed by atoms with Gasteiger partial charge >= 0.3 is 0 Å². The number of piperidine rings is 1. The Hall–Kier alpha value is -3.65. The summed E-state index contributed by atoms with van der Waals surface area (Å²) < 4.78 is 2.04. The number of hydrogen-bond acceptors (Lipinski definition) is 4. The standard InChI is InChI=1S/C31H40N6O2/c1-19(2)29-25-14-22(21-9-11-36(12-10-21)18-28(39)35(5)6)7-8-26(25)34-30(29)23-13-20(3)31-33-24(15-27(38)32-4)17-37(31)16-23/h7-8,13-14,16-17,19,21,34H,9-12,15,18H2,1-6H3,(H,32,38). The molecule has 4 heterocycles. The molecule has 0 unspecified atom stereocenters. The molecule has 8 heteroatoms. The van der Waals surface area contributed by atoms with Crippen LogP contribution in [0.1, 0.15) is 60.9 Å². The number of aromatic amines is 1. The SMILES string of the molecule is CNC(=O)Cc1cn2cc(-c3[nH]c4ccc(C5CCN(CC(=O)N(C)C)CC5)cc4c3C(C)C)cc(C)c2n1. The zero-order valence-corrected chi connectivity index (χ0v) is 24.0. The van der Waals surface area contributed by atoms with Gasteiger partial charge in [0.1, 0.15) is 5.65 Å². The second-order valence-corrected chi connectivity index (χ2v) is 11.4. The van der Waals surface area contributed by atoms with E-state index >= 15 is 0 Å². The first-order valence-corrected chi connectivity index (χ1v) is 13.9. The Labute approximate surface area is 230 Å². The highest BCUT2D eigenvalue weighted by Crippen LogP contribution is 2.38. The predicted molar refractivity (Wildman–Crippen MR) is 156 cm³/mol. The molecule has 0 atom stereocenters. The molecule has 39 heavy (non-hydrogen) atoms. The first-order chi connectivity index (χ1) is 18.6. The largest absolute Gasteiger partial charge is 0.359 e. The Balaban J connectivity index is 1.45. The Morgan fingerprint density at radius 3 is 2.56 bits per heavy atom. The number of nitrogens with one attached hydrogen (secondary N) is 2. The van der Waals surface area contributed by atoms with Crippen LogP contribution >= 0.6 is 0 Å². The number of amides is 2. The van der Waals surface area contributed by atoms with E-state index in [1.165, 1.54) is 16.5 Å². The summed E-state index contributed by atoms with van der Waals surface area (Å²) in [4.78, 5) is 36.4. The van der Waals surface area contributed by atoms with Crippen molar-refractivity contribution in [3.05, 3.63) is 59.0 Å². The van der Waals surface area contributed by atoms with Crippen LogP contribution in [-0.2, 0) is 16.0 Å². The second-order valence-electron chi connectivity index (χ2n) is 11.4. The van der Waals surface area contributed by atoms with Crippen molar-refractivity contribution in [2.45, 2.75) is 51.9 Å². The number of benzene rings is 1. The number of likely N-dealkylation sites (tertiary alicyclic amines) is 1. The lowest BCUT2D eigenvalue weighted by Gasteiger charge is -2.32. The fraction of sp³-hybridized carbons (Fsp3) is 0.452. The first kappa shape index (κ1) is 26.9. The van der Waals surface area contributed by atoms with E-state index in [4.69, 9.17) is 4.98 Å². The van der Waals surface area contributed by atoms with E-state index in [1.807, 2.05) is 24.7 Å². The summed E-state index contributed by atoms with van der Waals surface area (Å²) in [6.07, 6.45) is 6.47. The van der Waals surface area contributed by atoms with Crippen LogP contribution in [0.3, 0.4) is 0 Å². The van der Waals surface area contributed by atoms with Crippen LogP contribution in [0.15, 0.2) is 36.7 Å². The Morgan fingerprint density at radius 1 is 1.15 bits per heavy atom. The second kappa shape index (κ2) is 10.8. The molecule has 0 bridgehead atoms. The minimum absolute atomic E-state index is 0.0440. The molecule has 0 aliphatic carbocycles. The molecule has 0 spiro atoms. The summed E-state index contributed by atoms with van der Waals surface area (Å²) in [6, 6.07) is 9.08. The highest BCUT2D eigenvalue weighted by Gasteiger charge is 2.24. The molecule has 1 aliphatic heterocycles. The molecule has 1 aromatic carbocycles. The molecule has 1 saturated heterocycles. The van der Waals surface area contributed by atoms with E-state index < -0.39 is 0 Å². The maximum Gasteiger partial charge on any atom is 0.236 e. The molecule has 4 aromatic rings. The van der Waals surface area contributed by atoms with Crippen LogP contribution in [0.4, 0.5) is 0 Å². The molecule has 2 N–H and O–H groups in total. The number of aromatic nitrogens is 3. The third-order valence-corrected chi connectivity index (χ3v) is 8.05. The molecule has 5 rings (SSSR count). The fourth-order valence-corrected chi connectivity index (χ4v) is 5.86. The van der Waals surface area contributed by atoms with E-state index in [-0.39, 0.29) is 18.2 Å². The van der Waals surface area contributed by atoms with Gasteiger partial charge in [-0.3, -0.25) is 14.5 Å². The van der Waals surface area contributed by atoms with Crippen molar-refractivity contribution in [2.75, 3.05) is 40.8 Å². The zero-order valence-electron chi connectivity index (χ0n) is 24.0. The van der Waals surface area contributed by atoms with Gasteiger partial charge in [-0.05, 0) is 79.6 Å². The van der Waals surface area contributed by atoms with Crippen LogP contribution < -0.4 is 5.32 Å². The molecule has 1 aliphatic rings. The van der Waals surface area contributed by atoms with Gasteiger partial charge in [0, 0.05) is 50.0 Å². The first-order valence-electron chi connectivity index (χ1n) is 13.9. The number of aryl methyl sites for hydroxylation is 1. The van der Waals surface area contributed by atoms with E-state index in [1.54, 1.807) is 11.9 Å². The van der Waals surface area contributed by atoms with E-state index in [2.05, 4.69) is 66.4 Å². The highest BCUT2D eigenvalue weighted by atomic mass is 16.2. The van der Waals surface area contributed by atoms with Crippen molar-refractivity contribution in [1.29, 1.82) is 0 Å². The number of carbonyl (C=O) groups excluding carboxylic acids is 2. The lowest BCUT2D eigenvalue weighted by atomic mass is 9.87. The number of rotatable bonds is 7. The van der Waals surface area contributed by atoms with E-state index in [9.17, 15) is 9.59 Å². The lowest BCUT2D eigenvalue weighted by Crippen LogP contribution is -2.40. The normalized spacial score (nSPS) is 14.9. The average Bonchev–Trinajstić information content (AvgIpc) is 3.50. The van der Waals surface area contributed by atoms with Crippen LogP contribution in [0.2, 0.25) is 0 Å². The predicted octanol–water partition coefficient (Wildman–Crippen LogP) is 4.47. The van der Waals surface area contributed by atoms with Crippen molar-refractivity contribution >= 4 is 28.4 Å². The summed E-state index contributed by atoms with van der Waals surface area (Å²) in [5.74, 6) is 0.966. The molecule has 8 nitrogen and oxygen atoms in total. The molecule has 0 saturated carbocycles. The van der Waals surface area contributed by atoms with E-state index in [0.29, 0.717) is 18.4 Å². The third kappa shape index (κ3) is 5.43. The zero-order chi connectivity index (χ0) is 27.8. The van der Waals surface area contributed by atoms with Crippen molar-refractivity contribution in [3.8, 4) is 11.3 Å². The van der Waals surface area contributed by atoms with Gasteiger partial charge in [-0.25, -0.2) is 4.98 Å². The Bertz CT molecular complexity index is 1520. The van der Waals surface area contributed by atoms with Crippen molar-refractivity contribution in [1.82, 2.24) is 29.5 Å². The number of likely N-dealkylation sites (N-methyl/N-ethyl adjacent to an activating group) is 2. The van der Waals surface area contributed by atoms with Crippen LogP contribution in [0.25, 0.3) is 27.8 Å². The fourth-order valence-electron chi connectivity index (χ4n) is 5.86. The summed E-state index contributed by atoms with van der Waals surface area (Å²) in [5, 5.41) is 3.96. The van der Waals surface area contributed by atoms with Crippen LogP contribution in [-0.4, -0.2) is 76.8 Å². The minimum Gasteiger partial charge on any atom is -0.359 e.